The van der Waals surface area contributed by atoms with Gasteiger partial charge in [-0.1, -0.05) is 13.8 Å². The highest BCUT2D eigenvalue weighted by molar-refractivity contribution is 6.07. The van der Waals surface area contributed by atoms with Gasteiger partial charge in [0, 0.05) is 16.7 Å². The number of benzene rings is 2. The Morgan fingerprint density at radius 3 is 1.63 bits per heavy atom. The fraction of sp³-hybridized carbons (Fsp3) is 0.452. The van der Waals surface area contributed by atoms with E-state index in [4.69, 9.17) is 18.9 Å². The van der Waals surface area contributed by atoms with Crippen molar-refractivity contribution in [3.8, 4) is 23.0 Å². The Hall–Kier alpha value is -3.61. The molecule has 0 heterocycles. The van der Waals surface area contributed by atoms with E-state index in [1.54, 1.807) is 79.0 Å². The van der Waals surface area contributed by atoms with Crippen LogP contribution in [0.1, 0.15) is 82.4 Å². The summed E-state index contributed by atoms with van der Waals surface area (Å²) in [6, 6.07) is 6.36. The molecule has 0 radical (unpaired) electrons. The molecule has 0 unspecified atom stereocenters. The van der Waals surface area contributed by atoms with Gasteiger partial charge >= 0.3 is 11.9 Å². The Balaban J connectivity index is 2.55. The van der Waals surface area contributed by atoms with Gasteiger partial charge in [0.1, 0.15) is 23.0 Å². The lowest BCUT2D eigenvalue weighted by Crippen LogP contribution is -2.26. The molecular weight excluding hydrogens is 484 g/mol. The molecule has 206 valence electrons. The maximum atomic E-state index is 13.1. The third-order valence-corrected chi connectivity index (χ3v) is 5.87. The molecule has 0 spiro atoms. The number of esters is 2. The van der Waals surface area contributed by atoms with Crippen LogP contribution in [0.5, 0.6) is 23.0 Å². The summed E-state index contributed by atoms with van der Waals surface area (Å²) in [5.41, 5.74) is 1.05. The number of hydrogen-bond donors (Lipinski definition) is 0. The quantitative estimate of drug-likeness (QED) is 0.157. The number of ketones is 1. The summed E-state index contributed by atoms with van der Waals surface area (Å²) in [5.74, 6) is 0.700. The van der Waals surface area contributed by atoms with Gasteiger partial charge in [0.05, 0.1) is 30.6 Å². The average Bonchev–Trinajstić information content (AvgIpc) is 2.85. The lowest BCUT2D eigenvalue weighted by molar-refractivity contribution is -0.143. The van der Waals surface area contributed by atoms with Crippen molar-refractivity contribution < 1.29 is 33.3 Å². The fourth-order valence-corrected chi connectivity index (χ4v) is 3.65. The second-order valence-electron chi connectivity index (χ2n) is 11.0. The van der Waals surface area contributed by atoms with Crippen molar-refractivity contribution in [2.45, 2.75) is 68.2 Å². The Labute approximate surface area is 226 Å². The molecule has 0 aliphatic heterocycles. The second-order valence-corrected chi connectivity index (χ2v) is 11.0. The number of hydrogen-bond acceptors (Lipinski definition) is 7. The SMILES string of the molecule is CCc1c(OC)c(C=CC(=O)c2ccc(OC(=O)C(C)(C)C)cc2)c(OC(=O)C(C)(C)C)c(CC)c1OC. The van der Waals surface area contributed by atoms with E-state index in [9.17, 15) is 14.4 Å². The molecule has 0 aromatic heterocycles. The van der Waals surface area contributed by atoms with Crippen LogP contribution in [0, 0.1) is 10.8 Å². The monoisotopic (exact) mass is 524 g/mol. The molecule has 0 saturated carbocycles. The number of ether oxygens (including phenoxy) is 4. The molecule has 38 heavy (non-hydrogen) atoms. The average molecular weight is 525 g/mol. The van der Waals surface area contributed by atoms with Gasteiger partial charge in [-0.05, 0) is 90.8 Å². The molecule has 0 N–H and O–H groups in total. The van der Waals surface area contributed by atoms with E-state index in [1.807, 2.05) is 13.8 Å². The maximum Gasteiger partial charge on any atom is 0.316 e. The first-order chi connectivity index (χ1) is 17.7. The van der Waals surface area contributed by atoms with E-state index in [0.717, 1.165) is 11.1 Å². The van der Waals surface area contributed by atoms with Crippen molar-refractivity contribution in [3.05, 3.63) is 52.6 Å². The Morgan fingerprint density at radius 2 is 1.18 bits per heavy atom. The van der Waals surface area contributed by atoms with Crippen molar-refractivity contribution in [3.63, 3.8) is 0 Å². The van der Waals surface area contributed by atoms with Crippen LogP contribution in [0.3, 0.4) is 0 Å². The Morgan fingerprint density at radius 1 is 0.711 bits per heavy atom. The first kappa shape index (κ1) is 30.6. The lowest BCUT2D eigenvalue weighted by Gasteiger charge is -2.24. The van der Waals surface area contributed by atoms with E-state index in [2.05, 4.69) is 0 Å². The van der Waals surface area contributed by atoms with E-state index >= 15 is 0 Å². The molecule has 2 aromatic rings. The van der Waals surface area contributed by atoms with Crippen molar-refractivity contribution in [2.24, 2.45) is 10.8 Å². The van der Waals surface area contributed by atoms with Gasteiger partial charge in [-0.15, -0.1) is 0 Å². The fourth-order valence-electron chi connectivity index (χ4n) is 3.65. The van der Waals surface area contributed by atoms with Crippen molar-refractivity contribution >= 4 is 23.8 Å². The molecular formula is C31H40O7. The molecule has 0 aliphatic rings. The van der Waals surface area contributed by atoms with Gasteiger partial charge in [0.25, 0.3) is 0 Å². The van der Waals surface area contributed by atoms with Gasteiger partial charge in [-0.25, -0.2) is 0 Å². The summed E-state index contributed by atoms with van der Waals surface area (Å²) in [5, 5.41) is 0. The zero-order valence-corrected chi connectivity index (χ0v) is 24.2. The molecule has 0 fully saturated rings. The first-order valence-electron chi connectivity index (χ1n) is 12.8. The van der Waals surface area contributed by atoms with Crippen LogP contribution in [-0.2, 0) is 22.4 Å². The van der Waals surface area contributed by atoms with Gasteiger partial charge in [0.2, 0.25) is 0 Å². The number of allylic oxidation sites excluding steroid dienone is 1. The number of methoxy groups -OCH3 is 2. The van der Waals surface area contributed by atoms with Crippen LogP contribution in [0.4, 0.5) is 0 Å². The van der Waals surface area contributed by atoms with Crippen LogP contribution in [-0.4, -0.2) is 31.9 Å². The third kappa shape index (κ3) is 7.03. The molecule has 0 bridgehead atoms. The number of carbonyl (C=O) groups excluding carboxylic acids is 3. The molecule has 7 heteroatoms. The molecule has 7 nitrogen and oxygen atoms in total. The summed E-state index contributed by atoms with van der Waals surface area (Å²) in [6.45, 7) is 14.6. The predicted octanol–water partition coefficient (Wildman–Crippen LogP) is 6.63. The summed E-state index contributed by atoms with van der Waals surface area (Å²) in [6.07, 6.45) is 4.17. The second kappa shape index (κ2) is 12.3. The van der Waals surface area contributed by atoms with E-state index < -0.39 is 16.8 Å². The standard InChI is InChI=1S/C31H40O7/c1-11-21-25(35-9)22(12-2)27(38-29(34)31(6,7)8)23(26(21)36-10)17-18-24(32)19-13-15-20(16-14-19)37-28(33)30(3,4)5/h13-18H,11-12H2,1-10H3. The van der Waals surface area contributed by atoms with Crippen molar-refractivity contribution in [1.29, 1.82) is 0 Å². The van der Waals surface area contributed by atoms with Crippen molar-refractivity contribution in [1.82, 2.24) is 0 Å². The molecule has 0 atom stereocenters. The third-order valence-electron chi connectivity index (χ3n) is 5.87. The molecule has 0 saturated heterocycles. The van der Waals surface area contributed by atoms with Crippen LogP contribution < -0.4 is 18.9 Å². The molecule has 2 rings (SSSR count). The number of rotatable bonds is 9. The largest absolute Gasteiger partial charge is 0.496 e. The van der Waals surface area contributed by atoms with E-state index in [0.29, 0.717) is 47.0 Å². The van der Waals surface area contributed by atoms with Crippen molar-refractivity contribution in [2.75, 3.05) is 14.2 Å². The summed E-state index contributed by atoms with van der Waals surface area (Å²) in [4.78, 5) is 38.1. The van der Waals surface area contributed by atoms with Gasteiger partial charge in [-0.3, -0.25) is 14.4 Å². The van der Waals surface area contributed by atoms with E-state index in [-0.39, 0.29) is 11.8 Å². The maximum absolute atomic E-state index is 13.1. The zero-order valence-electron chi connectivity index (χ0n) is 24.2. The Kier molecular flexibility index (Phi) is 9.90. The summed E-state index contributed by atoms with van der Waals surface area (Å²) >= 11 is 0. The Bertz CT molecular complexity index is 1210. The highest BCUT2D eigenvalue weighted by atomic mass is 16.5. The lowest BCUT2D eigenvalue weighted by atomic mass is 9.94. The van der Waals surface area contributed by atoms with E-state index in [1.165, 1.54) is 13.2 Å². The van der Waals surface area contributed by atoms with Crippen LogP contribution in [0.2, 0.25) is 0 Å². The first-order valence-corrected chi connectivity index (χ1v) is 12.8. The number of carbonyl (C=O) groups is 3. The summed E-state index contributed by atoms with van der Waals surface area (Å²) in [7, 11) is 3.11. The smallest absolute Gasteiger partial charge is 0.316 e. The molecule has 0 aliphatic carbocycles. The van der Waals surface area contributed by atoms with Crippen LogP contribution >= 0.6 is 0 Å². The minimum atomic E-state index is -0.746. The normalized spacial score (nSPS) is 11.8. The topological polar surface area (TPSA) is 88.1 Å². The minimum absolute atomic E-state index is 0.277. The highest BCUT2D eigenvalue weighted by Crippen LogP contribution is 2.45. The highest BCUT2D eigenvalue weighted by Gasteiger charge is 2.30. The van der Waals surface area contributed by atoms with Gasteiger partial charge in [-0.2, -0.15) is 0 Å². The predicted molar refractivity (Wildman–Crippen MR) is 148 cm³/mol. The van der Waals surface area contributed by atoms with Gasteiger partial charge < -0.3 is 18.9 Å². The summed E-state index contributed by atoms with van der Waals surface area (Å²) < 4.78 is 22.8. The van der Waals surface area contributed by atoms with Gasteiger partial charge in [0.15, 0.2) is 5.78 Å². The zero-order chi connectivity index (χ0) is 28.8. The van der Waals surface area contributed by atoms with Crippen LogP contribution in [0.15, 0.2) is 30.3 Å². The minimum Gasteiger partial charge on any atom is -0.496 e. The van der Waals surface area contributed by atoms with Crippen LogP contribution in [0.25, 0.3) is 6.08 Å². The molecule has 2 aromatic carbocycles. The molecule has 0 amide bonds.